The molecule has 2 fully saturated rings. The topological polar surface area (TPSA) is 91.3 Å². The van der Waals surface area contributed by atoms with Gasteiger partial charge in [0.1, 0.15) is 5.41 Å². The average Bonchev–Trinajstić information content (AvgIpc) is 2.57. The van der Waals surface area contributed by atoms with Crippen LogP contribution in [0.4, 0.5) is 0 Å². The average molecular weight is 274 g/mol. The standard InChI is InChI=1S/C12H18O7/c1-4-16-9(15)12(7-8(13)14)6-5-10(2)17-11(12,3)19-18-10/h4-7H2,1-3H3,(H,13,14)/t10-,11+,12+/m1/s1. The van der Waals surface area contributed by atoms with E-state index >= 15 is 0 Å². The largest absolute Gasteiger partial charge is 0.481 e. The molecule has 2 aliphatic heterocycles. The first-order chi connectivity index (χ1) is 8.77. The number of carboxylic acids is 1. The van der Waals surface area contributed by atoms with Gasteiger partial charge in [-0.3, -0.25) is 9.59 Å². The van der Waals surface area contributed by atoms with Crippen molar-refractivity contribution >= 4 is 11.9 Å². The molecule has 7 heteroatoms. The second-order valence-electron chi connectivity index (χ2n) is 5.22. The Morgan fingerprint density at radius 2 is 1.95 bits per heavy atom. The van der Waals surface area contributed by atoms with Gasteiger partial charge in [-0.25, -0.2) is 0 Å². The molecule has 2 rings (SSSR count). The minimum atomic E-state index is -1.45. The molecule has 3 atom stereocenters. The zero-order valence-electron chi connectivity index (χ0n) is 11.2. The SMILES string of the molecule is CCOC(=O)[C@@]1(CC(=O)O)CC[C@@]2(C)OO[C@]1(C)O2. The van der Waals surface area contributed by atoms with Crippen LogP contribution in [-0.4, -0.2) is 35.2 Å². The van der Waals surface area contributed by atoms with Crippen LogP contribution in [0, 0.1) is 5.41 Å². The first kappa shape index (κ1) is 14.2. The van der Waals surface area contributed by atoms with Crippen LogP contribution in [0.5, 0.6) is 0 Å². The van der Waals surface area contributed by atoms with E-state index in [0.717, 1.165) is 0 Å². The molecule has 2 saturated heterocycles. The molecule has 0 aromatic heterocycles. The summed E-state index contributed by atoms with van der Waals surface area (Å²) >= 11 is 0. The van der Waals surface area contributed by atoms with E-state index in [1.54, 1.807) is 13.8 Å². The van der Waals surface area contributed by atoms with Crippen LogP contribution < -0.4 is 0 Å². The van der Waals surface area contributed by atoms with Crippen LogP contribution in [-0.2, 0) is 28.8 Å². The van der Waals surface area contributed by atoms with Crippen molar-refractivity contribution in [3.63, 3.8) is 0 Å². The number of hydrogen-bond donors (Lipinski definition) is 1. The van der Waals surface area contributed by atoms with E-state index in [1.807, 2.05) is 0 Å². The van der Waals surface area contributed by atoms with Crippen LogP contribution in [0.2, 0.25) is 0 Å². The van der Waals surface area contributed by atoms with Crippen molar-refractivity contribution in [2.24, 2.45) is 5.41 Å². The van der Waals surface area contributed by atoms with Gasteiger partial charge in [0.05, 0.1) is 13.0 Å². The van der Waals surface area contributed by atoms with E-state index in [9.17, 15) is 9.59 Å². The van der Waals surface area contributed by atoms with E-state index in [0.29, 0.717) is 6.42 Å². The lowest BCUT2D eigenvalue weighted by molar-refractivity contribution is -0.352. The molecule has 0 aliphatic carbocycles. The number of carboxylic acid groups (broad SMARTS) is 1. The highest BCUT2D eigenvalue weighted by molar-refractivity contribution is 5.84. The Morgan fingerprint density at radius 1 is 1.26 bits per heavy atom. The van der Waals surface area contributed by atoms with Gasteiger partial charge >= 0.3 is 11.9 Å². The smallest absolute Gasteiger partial charge is 0.318 e. The van der Waals surface area contributed by atoms with E-state index in [2.05, 4.69) is 0 Å². The van der Waals surface area contributed by atoms with Gasteiger partial charge in [0, 0.05) is 6.42 Å². The molecule has 0 spiro atoms. The summed E-state index contributed by atoms with van der Waals surface area (Å²) in [6.07, 6.45) is 0.196. The molecule has 0 radical (unpaired) electrons. The van der Waals surface area contributed by atoms with Crippen molar-refractivity contribution in [2.45, 2.75) is 51.6 Å². The highest BCUT2D eigenvalue weighted by Gasteiger charge is 2.68. The number of rotatable bonds is 4. The zero-order chi connectivity index (χ0) is 14.3. The van der Waals surface area contributed by atoms with Gasteiger partial charge in [-0.15, -0.1) is 0 Å². The normalized spacial score (nSPS) is 41.0. The lowest BCUT2D eigenvalue weighted by atomic mass is 9.70. The van der Waals surface area contributed by atoms with E-state index in [4.69, 9.17) is 24.4 Å². The quantitative estimate of drug-likeness (QED) is 0.608. The first-order valence-corrected chi connectivity index (χ1v) is 6.23. The molecule has 1 N–H and O–H groups in total. The second kappa shape index (κ2) is 4.43. The van der Waals surface area contributed by atoms with Gasteiger partial charge in [-0.2, -0.15) is 9.78 Å². The van der Waals surface area contributed by atoms with Gasteiger partial charge in [0.2, 0.25) is 11.6 Å². The van der Waals surface area contributed by atoms with Crippen molar-refractivity contribution in [2.75, 3.05) is 6.61 Å². The molecule has 0 aromatic rings. The van der Waals surface area contributed by atoms with Crippen molar-refractivity contribution in [1.29, 1.82) is 0 Å². The number of hydrogen-bond acceptors (Lipinski definition) is 6. The fraction of sp³-hybridized carbons (Fsp3) is 0.833. The Labute approximate surface area is 110 Å². The lowest BCUT2D eigenvalue weighted by Gasteiger charge is -2.44. The summed E-state index contributed by atoms with van der Waals surface area (Å²) in [5, 5.41) is 9.09. The summed E-state index contributed by atoms with van der Waals surface area (Å²) < 4.78 is 10.7. The number of aliphatic carboxylic acids is 1. The molecule has 0 aromatic carbocycles. The van der Waals surface area contributed by atoms with Crippen molar-refractivity contribution in [1.82, 2.24) is 0 Å². The Morgan fingerprint density at radius 3 is 2.53 bits per heavy atom. The zero-order valence-corrected chi connectivity index (χ0v) is 11.2. The van der Waals surface area contributed by atoms with Gasteiger partial charge in [-0.05, 0) is 27.2 Å². The summed E-state index contributed by atoms with van der Waals surface area (Å²) in [5.74, 6) is -4.14. The molecule has 0 saturated carbocycles. The van der Waals surface area contributed by atoms with E-state index in [-0.39, 0.29) is 13.0 Å². The van der Waals surface area contributed by atoms with Gasteiger partial charge in [0.25, 0.3) is 0 Å². The summed E-state index contributed by atoms with van der Waals surface area (Å²) in [6.45, 7) is 5.02. The van der Waals surface area contributed by atoms with Crippen LogP contribution >= 0.6 is 0 Å². The van der Waals surface area contributed by atoms with Gasteiger partial charge in [0.15, 0.2) is 0 Å². The molecule has 2 bridgehead atoms. The summed E-state index contributed by atoms with van der Waals surface area (Å²) in [4.78, 5) is 33.6. The molecular weight excluding hydrogens is 256 g/mol. The maximum atomic E-state index is 12.3. The number of ether oxygens (including phenoxy) is 2. The summed E-state index contributed by atoms with van der Waals surface area (Å²) in [6, 6.07) is 0. The van der Waals surface area contributed by atoms with Gasteiger partial charge in [-0.1, -0.05) is 0 Å². The van der Waals surface area contributed by atoms with E-state index in [1.165, 1.54) is 6.92 Å². The molecule has 0 unspecified atom stereocenters. The third-order valence-corrected chi connectivity index (χ3v) is 3.78. The Bertz CT molecular complexity index is 409. The summed E-state index contributed by atoms with van der Waals surface area (Å²) in [7, 11) is 0. The lowest BCUT2D eigenvalue weighted by Crippen LogP contribution is -2.58. The van der Waals surface area contributed by atoms with Crippen molar-refractivity contribution in [3.05, 3.63) is 0 Å². The Kier molecular flexibility index (Phi) is 3.32. The van der Waals surface area contributed by atoms with E-state index < -0.39 is 35.3 Å². The highest BCUT2D eigenvalue weighted by atomic mass is 17.3. The molecule has 2 heterocycles. The predicted octanol–water partition coefficient (Wildman–Crippen LogP) is 1.22. The molecule has 2 aliphatic rings. The number of carbonyl (C=O) groups is 2. The maximum absolute atomic E-state index is 12.3. The fourth-order valence-corrected chi connectivity index (χ4v) is 2.69. The number of fused-ring (bicyclic) bond motifs is 2. The van der Waals surface area contributed by atoms with Gasteiger partial charge < -0.3 is 14.6 Å². The Balaban J connectivity index is 2.38. The van der Waals surface area contributed by atoms with Crippen LogP contribution in [0.25, 0.3) is 0 Å². The second-order valence-corrected chi connectivity index (χ2v) is 5.22. The first-order valence-electron chi connectivity index (χ1n) is 6.23. The molecule has 108 valence electrons. The van der Waals surface area contributed by atoms with Crippen molar-refractivity contribution in [3.8, 4) is 0 Å². The summed E-state index contributed by atoms with van der Waals surface area (Å²) in [5.41, 5.74) is -1.40. The van der Waals surface area contributed by atoms with Crippen LogP contribution in [0.15, 0.2) is 0 Å². The van der Waals surface area contributed by atoms with Crippen LogP contribution in [0.1, 0.15) is 40.0 Å². The molecule has 19 heavy (non-hydrogen) atoms. The monoisotopic (exact) mass is 274 g/mol. The number of esters is 1. The third-order valence-electron chi connectivity index (χ3n) is 3.78. The third kappa shape index (κ3) is 2.11. The Hall–Kier alpha value is -1.18. The molecule has 7 nitrogen and oxygen atoms in total. The predicted molar refractivity (Wildman–Crippen MR) is 60.6 cm³/mol. The fourth-order valence-electron chi connectivity index (χ4n) is 2.69. The van der Waals surface area contributed by atoms with Crippen molar-refractivity contribution < 1.29 is 33.9 Å². The number of carbonyl (C=O) groups excluding carboxylic acids is 1. The molecule has 0 amide bonds. The highest BCUT2D eigenvalue weighted by Crippen LogP contribution is 2.56. The molecular formula is C12H18O7. The minimum Gasteiger partial charge on any atom is -0.481 e. The minimum absolute atomic E-state index is 0.161. The van der Waals surface area contributed by atoms with Crippen LogP contribution in [0.3, 0.4) is 0 Å². The maximum Gasteiger partial charge on any atom is 0.318 e.